The molecule has 0 radical (unpaired) electrons. The van der Waals surface area contributed by atoms with E-state index in [1.807, 2.05) is 224 Å². The Morgan fingerprint density at radius 2 is 0.504 bits per heavy atom. The van der Waals surface area contributed by atoms with Crippen LogP contribution in [0.4, 0.5) is 0 Å². The van der Waals surface area contributed by atoms with Gasteiger partial charge in [-0.05, 0) is 63.2 Å². The van der Waals surface area contributed by atoms with Crippen molar-refractivity contribution in [1.29, 1.82) is 0 Å². The minimum absolute atomic E-state index is 0.0160. The Kier molecular flexibility index (Phi) is 28.1. The summed E-state index contributed by atoms with van der Waals surface area (Å²) in [6.07, 6.45) is -21.5. The zero-order valence-electron chi connectivity index (χ0n) is 65.7. The molecule has 25 nitrogen and oxygen atoms in total. The Labute approximate surface area is 690 Å². The van der Waals surface area contributed by atoms with Crippen LogP contribution in [-0.2, 0) is 155 Å². The average molecular weight is 1630 g/mol. The van der Waals surface area contributed by atoms with Gasteiger partial charge in [0.1, 0.15) is 123 Å². The van der Waals surface area contributed by atoms with Gasteiger partial charge in [-0.3, -0.25) is 0 Å². The standard InChI is InChI=1S/C94H98O25/c1-97-89-81(103-52-65-39-21-7-22-40-65)75(100-49-62-33-15-4-16-34-62)71(109-89)58-107-90-82(104-53-66-41-23-8-24-42-66)78(117-92-84(119-94-86-80(116-86)73(114-94)57-106-88(96)68-45-27-10-28-46-68)77(102-51-64-37-19-6-20-38-64)70(112-92)55-99-48-61-31-13-3-14-32-61)74(111-90)59-108-91-83(118-93-85-79(115-85)72(113-93)56-105-87(95)67-43-25-9-26-44-67)76(101-50-63-35-17-5-18-36-63)69(110-91)54-98-47-60-29-11-2-12-30-60/h2-46,69-86,89-94H,47-59H2,1H3/t69-,70-,71-,72-,73-,74-,75-,76-,77-,78-,79+,80+,81+,82+,83+,84+,85+,86+,89+,90+,91+,92-,93+,94+/m1/s1. The summed E-state index contributed by atoms with van der Waals surface area (Å²) in [5.74, 6) is -1.02. The minimum atomic E-state index is -1.33. The fourth-order valence-electron chi connectivity index (χ4n) is 15.8. The third kappa shape index (κ3) is 21.3. The first-order chi connectivity index (χ1) is 58.7. The summed E-state index contributed by atoms with van der Waals surface area (Å²) in [5.41, 5.74) is 7.15. The number of hydrogen-bond acceptors (Lipinski definition) is 25. The third-order valence-electron chi connectivity index (χ3n) is 22.0. The third-order valence-corrected chi connectivity index (χ3v) is 22.0. The van der Waals surface area contributed by atoms with Gasteiger partial charge in [-0.25, -0.2) is 9.59 Å². The van der Waals surface area contributed by atoms with Crippen LogP contribution < -0.4 is 0 Å². The van der Waals surface area contributed by atoms with Gasteiger partial charge in [0.15, 0.2) is 37.7 Å². The van der Waals surface area contributed by atoms with Gasteiger partial charge in [-0.15, -0.1) is 0 Å². The van der Waals surface area contributed by atoms with Gasteiger partial charge in [0, 0.05) is 7.11 Å². The van der Waals surface area contributed by atoms with Gasteiger partial charge < -0.3 is 109 Å². The molecule has 24 atom stereocenters. The molecule has 0 bridgehead atoms. The lowest BCUT2D eigenvalue weighted by Gasteiger charge is -2.32. The fourth-order valence-corrected chi connectivity index (χ4v) is 15.8. The number of methoxy groups -OCH3 is 1. The lowest BCUT2D eigenvalue weighted by atomic mass is 10.1. The maximum atomic E-state index is 13.4. The van der Waals surface area contributed by atoms with Gasteiger partial charge in [0.25, 0.3) is 0 Å². The Morgan fingerprint density at radius 3 is 0.874 bits per heavy atom. The molecule has 25 heteroatoms. The van der Waals surface area contributed by atoms with E-state index in [9.17, 15) is 9.59 Å². The van der Waals surface area contributed by atoms with E-state index >= 15 is 0 Å². The molecule has 8 heterocycles. The largest absolute Gasteiger partial charge is 0.459 e. The van der Waals surface area contributed by atoms with Crippen LogP contribution in [0.2, 0.25) is 0 Å². The van der Waals surface area contributed by atoms with Gasteiger partial charge >= 0.3 is 11.9 Å². The average Bonchev–Trinajstić information content (AvgIpc) is 1.59. The van der Waals surface area contributed by atoms with Crippen molar-refractivity contribution >= 4 is 11.9 Å². The van der Waals surface area contributed by atoms with E-state index in [4.69, 9.17) is 109 Å². The molecule has 8 aliphatic heterocycles. The molecule has 0 aromatic heterocycles. The van der Waals surface area contributed by atoms with Crippen molar-refractivity contribution < 1.29 is 119 Å². The van der Waals surface area contributed by atoms with Crippen molar-refractivity contribution in [3.8, 4) is 0 Å². The molecule has 9 aromatic rings. The zero-order valence-corrected chi connectivity index (χ0v) is 65.7. The summed E-state index contributed by atoms with van der Waals surface area (Å²) in [5, 5.41) is 0. The normalized spacial score (nSPS) is 30.9. The fraction of sp³-hybridized carbons (Fsp3) is 0.404. The lowest BCUT2D eigenvalue weighted by molar-refractivity contribution is -0.273. The maximum Gasteiger partial charge on any atom is 0.338 e. The first-order valence-electron chi connectivity index (χ1n) is 40.7. The van der Waals surface area contributed by atoms with Crippen molar-refractivity contribution in [2.75, 3.05) is 46.8 Å². The van der Waals surface area contributed by atoms with Gasteiger partial charge in [-0.1, -0.05) is 249 Å². The first kappa shape index (κ1) is 82.4. The van der Waals surface area contributed by atoms with Crippen molar-refractivity contribution in [1.82, 2.24) is 0 Å². The SMILES string of the molecule is CO[C@H]1O[C@H](CO[C@H]2O[C@H](CO[C@H]3O[C@H](COCc4ccccc4)[C@@H](OCc4ccccc4)[C@@H]3O[C@@H]3O[C@H](COC(=O)c4ccccc4)[C@@H]4O[C@H]34)[C@@H](O[C@H]3O[C@H](COCc4ccccc4)[C@@H](OCc4ccccc4)[C@@H]3O[C@@H]3O[C@H](COC(=O)c4ccccc4)[C@@H]4O[C@H]34)[C@@H]2OCc2ccccc2)[C@@H](OCc2ccccc2)[C@@H]1OCc1ccccc1. The zero-order chi connectivity index (χ0) is 80.5. The minimum Gasteiger partial charge on any atom is -0.459 e. The molecule has 8 fully saturated rings. The number of benzene rings is 9. The highest BCUT2D eigenvalue weighted by atomic mass is 16.8. The molecule has 17 rings (SSSR count). The van der Waals surface area contributed by atoms with E-state index in [-0.39, 0.29) is 85.9 Å². The first-order valence-corrected chi connectivity index (χ1v) is 40.7. The summed E-state index contributed by atoms with van der Waals surface area (Å²) < 4.78 is 157. The smallest absolute Gasteiger partial charge is 0.338 e. The van der Waals surface area contributed by atoms with E-state index < -0.39 is 160 Å². The number of carbonyl (C=O) groups is 2. The topological polar surface area (TPSA) is 253 Å². The Bertz CT molecular complexity index is 4540. The number of ether oxygens (including phenoxy) is 23. The highest BCUT2D eigenvalue weighted by Crippen LogP contribution is 2.46. The second-order valence-electron chi connectivity index (χ2n) is 30.3. The molecule has 8 saturated heterocycles. The molecule has 9 aromatic carbocycles. The highest BCUT2D eigenvalue weighted by molar-refractivity contribution is 5.89. The number of esters is 2. The predicted molar refractivity (Wildman–Crippen MR) is 424 cm³/mol. The van der Waals surface area contributed by atoms with Gasteiger partial charge in [-0.2, -0.15) is 0 Å². The van der Waals surface area contributed by atoms with Gasteiger partial charge in [0.05, 0.1) is 83.8 Å². The molecule has 0 aliphatic carbocycles. The number of fused-ring (bicyclic) bond motifs is 2. The summed E-state index contributed by atoms with van der Waals surface area (Å²) in [6.45, 7) is 0.687. The predicted octanol–water partition coefficient (Wildman–Crippen LogP) is 11.8. The number of epoxide rings is 2. The van der Waals surface area contributed by atoms with Crippen LogP contribution in [0.1, 0.15) is 59.7 Å². The number of rotatable bonds is 42. The van der Waals surface area contributed by atoms with Crippen molar-refractivity contribution in [2.45, 2.75) is 194 Å². The maximum absolute atomic E-state index is 13.4. The molecule has 0 spiro atoms. The Morgan fingerprint density at radius 1 is 0.235 bits per heavy atom. The Hall–Kier alpha value is -8.92. The second kappa shape index (κ2) is 40.6. The summed E-state index contributed by atoms with van der Waals surface area (Å²) in [7, 11) is 1.57. The monoisotopic (exact) mass is 1630 g/mol. The van der Waals surface area contributed by atoms with Crippen molar-refractivity contribution in [2.24, 2.45) is 0 Å². The molecule has 8 aliphatic rings. The van der Waals surface area contributed by atoms with Crippen LogP contribution in [0.3, 0.4) is 0 Å². The van der Waals surface area contributed by atoms with E-state index in [1.165, 1.54) is 0 Å². The second-order valence-corrected chi connectivity index (χ2v) is 30.3. The molecule has 0 unspecified atom stereocenters. The van der Waals surface area contributed by atoms with E-state index in [2.05, 4.69) is 0 Å². The molecule has 0 N–H and O–H groups in total. The summed E-state index contributed by atoms with van der Waals surface area (Å²) >= 11 is 0. The molecular weight excluding hydrogens is 1530 g/mol. The molecule has 0 amide bonds. The van der Waals surface area contributed by atoms with Crippen molar-refractivity contribution in [3.05, 3.63) is 323 Å². The highest BCUT2D eigenvalue weighted by Gasteiger charge is 2.64. The Balaban J connectivity index is 0.713. The molecule has 624 valence electrons. The van der Waals surface area contributed by atoms with Crippen LogP contribution in [0, 0.1) is 0 Å². The van der Waals surface area contributed by atoms with E-state index in [1.54, 1.807) is 55.6 Å². The van der Waals surface area contributed by atoms with E-state index in [0.717, 1.165) is 38.9 Å². The molecule has 0 saturated carbocycles. The number of hydrogen-bond donors (Lipinski definition) is 0. The van der Waals surface area contributed by atoms with Crippen LogP contribution in [-0.4, -0.2) is 206 Å². The van der Waals surface area contributed by atoms with Crippen LogP contribution in [0.15, 0.2) is 273 Å². The lowest BCUT2D eigenvalue weighted by Crippen LogP contribution is -2.48. The van der Waals surface area contributed by atoms with Crippen LogP contribution >= 0.6 is 0 Å². The van der Waals surface area contributed by atoms with E-state index in [0.29, 0.717) is 11.1 Å². The van der Waals surface area contributed by atoms with Crippen LogP contribution in [0.25, 0.3) is 0 Å². The number of carbonyl (C=O) groups excluding carboxylic acids is 2. The van der Waals surface area contributed by atoms with Gasteiger partial charge in [0.2, 0.25) is 0 Å². The molecule has 119 heavy (non-hydrogen) atoms. The summed E-state index contributed by atoms with van der Waals surface area (Å²) in [4.78, 5) is 26.8. The quantitative estimate of drug-likeness (QED) is 0.0254. The van der Waals surface area contributed by atoms with Crippen LogP contribution in [0.5, 0.6) is 0 Å². The van der Waals surface area contributed by atoms with Crippen molar-refractivity contribution in [3.63, 3.8) is 0 Å². The molecular formula is C94H98O25. The summed E-state index contributed by atoms with van der Waals surface area (Å²) in [6, 6.07) is 86.2.